The summed E-state index contributed by atoms with van der Waals surface area (Å²) in [5.74, 6) is 0.617. The van der Waals surface area contributed by atoms with Gasteiger partial charge < -0.3 is 5.32 Å². The monoisotopic (exact) mass is 351 g/mol. The van der Waals surface area contributed by atoms with Crippen LogP contribution in [-0.4, -0.2) is 24.2 Å². The third kappa shape index (κ3) is 4.56. The van der Waals surface area contributed by atoms with Crippen LogP contribution in [0.5, 0.6) is 0 Å². The van der Waals surface area contributed by atoms with Crippen molar-refractivity contribution in [1.29, 1.82) is 0 Å². The van der Waals surface area contributed by atoms with E-state index in [9.17, 15) is 13.2 Å². The largest absolute Gasteiger partial charge is 0.334 e. The molecule has 0 fully saturated rings. The predicted molar refractivity (Wildman–Crippen MR) is 90.9 cm³/mol. The molecule has 9 heteroatoms. The van der Waals surface area contributed by atoms with Crippen molar-refractivity contribution in [3.63, 3.8) is 0 Å². The summed E-state index contributed by atoms with van der Waals surface area (Å²) in [6, 6.07) is 7.56. The molecule has 130 valence electrons. The molecule has 2 amide bonds. The van der Waals surface area contributed by atoms with Crippen LogP contribution in [0.15, 0.2) is 41.4 Å². The molecule has 1 heterocycles. The van der Waals surface area contributed by atoms with Gasteiger partial charge in [-0.25, -0.2) is 23.0 Å². The fourth-order valence-corrected chi connectivity index (χ4v) is 2.59. The molecule has 1 atom stereocenters. The molecule has 2 rings (SSSR count). The Bertz CT molecular complexity index is 799. The second-order valence-corrected chi connectivity index (χ2v) is 6.98. The Morgan fingerprint density at radius 1 is 1.29 bits per heavy atom. The van der Waals surface area contributed by atoms with E-state index in [1.165, 1.54) is 12.1 Å². The quantitative estimate of drug-likeness (QED) is 0.735. The Balaban J connectivity index is 1.93. The van der Waals surface area contributed by atoms with Gasteiger partial charge in [-0.1, -0.05) is 19.1 Å². The van der Waals surface area contributed by atoms with Gasteiger partial charge in [-0.3, -0.25) is 5.32 Å². The Labute approximate surface area is 141 Å². The highest BCUT2D eigenvalue weighted by atomic mass is 32.2. The van der Waals surface area contributed by atoms with Gasteiger partial charge in [0, 0.05) is 12.6 Å². The smallest absolute Gasteiger partial charge is 0.320 e. The van der Waals surface area contributed by atoms with Gasteiger partial charge in [-0.2, -0.15) is 5.10 Å². The fraction of sp³-hybridized carbons (Fsp3) is 0.333. The maximum atomic E-state index is 12.0. The van der Waals surface area contributed by atoms with Gasteiger partial charge >= 0.3 is 6.03 Å². The summed E-state index contributed by atoms with van der Waals surface area (Å²) in [6.07, 6.45) is 2.53. The minimum absolute atomic E-state index is 0.0353. The molecule has 0 spiro atoms. The number of amides is 2. The summed E-state index contributed by atoms with van der Waals surface area (Å²) in [5, 5.41) is 14.7. The fourth-order valence-electron chi connectivity index (χ4n) is 2.08. The van der Waals surface area contributed by atoms with Crippen LogP contribution in [-0.2, 0) is 16.6 Å². The Hall–Kier alpha value is -2.39. The SMILES string of the molecule is CC[C@@H](C)n1nccc1NC(=O)NCc1ccc(S(N)(=O)=O)cc1. The standard InChI is InChI=1S/C15H21N5O3S/c1-3-11(2)20-14(8-9-18-20)19-15(21)17-10-12-4-6-13(7-5-12)24(16,22)23/h4-9,11H,3,10H2,1-2H3,(H2,16,22,23)(H2,17,19,21)/t11-/m1/s1. The predicted octanol–water partition coefficient (Wildman–Crippen LogP) is 1.82. The van der Waals surface area contributed by atoms with Crippen molar-refractivity contribution in [3.8, 4) is 0 Å². The van der Waals surface area contributed by atoms with Crippen molar-refractivity contribution in [2.24, 2.45) is 5.14 Å². The Morgan fingerprint density at radius 3 is 2.54 bits per heavy atom. The molecule has 0 saturated heterocycles. The number of nitrogens with one attached hydrogen (secondary N) is 2. The number of carbonyl (C=O) groups excluding carboxylic acids is 1. The van der Waals surface area contributed by atoms with Gasteiger partial charge in [0.2, 0.25) is 10.0 Å². The zero-order chi connectivity index (χ0) is 17.7. The summed E-state index contributed by atoms with van der Waals surface area (Å²) in [7, 11) is -3.71. The number of aromatic nitrogens is 2. The number of sulfonamides is 1. The molecule has 0 bridgehead atoms. The van der Waals surface area contributed by atoms with Crippen LogP contribution in [0.2, 0.25) is 0 Å². The number of anilines is 1. The number of nitrogens with two attached hydrogens (primary N) is 1. The molecule has 0 radical (unpaired) electrons. The second kappa shape index (κ2) is 7.45. The van der Waals surface area contributed by atoms with Crippen LogP contribution in [0.4, 0.5) is 10.6 Å². The van der Waals surface area contributed by atoms with Crippen LogP contribution < -0.4 is 15.8 Å². The van der Waals surface area contributed by atoms with Crippen LogP contribution >= 0.6 is 0 Å². The number of hydrogen-bond donors (Lipinski definition) is 3. The van der Waals surface area contributed by atoms with E-state index in [0.29, 0.717) is 5.82 Å². The van der Waals surface area contributed by atoms with Gasteiger partial charge in [-0.05, 0) is 31.0 Å². The Morgan fingerprint density at radius 2 is 1.96 bits per heavy atom. The summed E-state index contributed by atoms with van der Waals surface area (Å²) >= 11 is 0. The van der Waals surface area contributed by atoms with Crippen molar-refractivity contribution < 1.29 is 13.2 Å². The average Bonchev–Trinajstić information content (AvgIpc) is 3.00. The van der Waals surface area contributed by atoms with Crippen LogP contribution in [0.25, 0.3) is 0 Å². The topological polar surface area (TPSA) is 119 Å². The molecule has 24 heavy (non-hydrogen) atoms. The number of benzene rings is 1. The first-order chi connectivity index (χ1) is 11.3. The number of carbonyl (C=O) groups is 1. The molecule has 4 N–H and O–H groups in total. The normalized spacial score (nSPS) is 12.6. The average molecular weight is 351 g/mol. The molecule has 8 nitrogen and oxygen atoms in total. The molecule has 2 aromatic rings. The van der Waals surface area contributed by atoms with Crippen LogP contribution in [0, 0.1) is 0 Å². The van der Waals surface area contributed by atoms with Crippen molar-refractivity contribution in [3.05, 3.63) is 42.1 Å². The molecule has 0 unspecified atom stereocenters. The molecule has 0 saturated carbocycles. The van der Waals surface area contributed by atoms with Gasteiger partial charge in [-0.15, -0.1) is 0 Å². The minimum Gasteiger partial charge on any atom is -0.334 e. The van der Waals surface area contributed by atoms with E-state index in [1.54, 1.807) is 29.1 Å². The van der Waals surface area contributed by atoms with E-state index < -0.39 is 10.0 Å². The molecule has 1 aromatic heterocycles. The Kier molecular flexibility index (Phi) is 5.58. The van der Waals surface area contributed by atoms with Crippen molar-refractivity contribution in [2.45, 2.75) is 37.8 Å². The van der Waals surface area contributed by atoms with Crippen molar-refractivity contribution in [2.75, 3.05) is 5.32 Å². The molecule has 1 aromatic carbocycles. The van der Waals surface area contributed by atoms with E-state index in [1.807, 2.05) is 13.8 Å². The highest BCUT2D eigenvalue weighted by Gasteiger charge is 2.11. The molecule has 0 aliphatic rings. The third-order valence-corrected chi connectivity index (χ3v) is 4.55. The lowest BCUT2D eigenvalue weighted by Gasteiger charge is -2.14. The lowest BCUT2D eigenvalue weighted by atomic mass is 10.2. The number of hydrogen-bond acceptors (Lipinski definition) is 4. The van der Waals surface area contributed by atoms with Crippen LogP contribution in [0.1, 0.15) is 31.9 Å². The van der Waals surface area contributed by atoms with Gasteiger partial charge in [0.15, 0.2) is 0 Å². The first-order valence-corrected chi connectivity index (χ1v) is 9.06. The first-order valence-electron chi connectivity index (χ1n) is 7.51. The lowest BCUT2D eigenvalue weighted by Crippen LogP contribution is -2.29. The maximum Gasteiger partial charge on any atom is 0.320 e. The van der Waals surface area contributed by atoms with Crippen molar-refractivity contribution >= 4 is 21.9 Å². The van der Waals surface area contributed by atoms with E-state index in [-0.39, 0.29) is 23.5 Å². The molecule has 0 aliphatic carbocycles. The zero-order valence-corrected chi connectivity index (χ0v) is 14.4. The molecular formula is C15H21N5O3S. The van der Waals surface area contributed by atoms with Gasteiger partial charge in [0.25, 0.3) is 0 Å². The molecule has 0 aliphatic heterocycles. The summed E-state index contributed by atoms with van der Waals surface area (Å²) < 4.78 is 24.1. The third-order valence-electron chi connectivity index (χ3n) is 3.63. The minimum atomic E-state index is -3.71. The number of nitrogens with zero attached hydrogens (tertiary/aromatic N) is 2. The zero-order valence-electron chi connectivity index (χ0n) is 13.6. The number of rotatable bonds is 6. The van der Waals surface area contributed by atoms with Gasteiger partial charge in [0.1, 0.15) is 5.82 Å². The van der Waals surface area contributed by atoms with E-state index >= 15 is 0 Å². The maximum absolute atomic E-state index is 12.0. The number of primary sulfonamides is 1. The highest BCUT2D eigenvalue weighted by Crippen LogP contribution is 2.16. The second-order valence-electron chi connectivity index (χ2n) is 5.41. The van der Waals surface area contributed by atoms with Crippen molar-refractivity contribution in [1.82, 2.24) is 15.1 Å². The van der Waals surface area contributed by atoms with Gasteiger partial charge in [0.05, 0.1) is 17.1 Å². The summed E-state index contributed by atoms with van der Waals surface area (Å²) in [6.45, 7) is 4.32. The van der Waals surface area contributed by atoms with E-state index in [4.69, 9.17) is 5.14 Å². The summed E-state index contributed by atoms with van der Waals surface area (Å²) in [4.78, 5) is 12.0. The van der Waals surface area contributed by atoms with Crippen LogP contribution in [0.3, 0.4) is 0 Å². The first kappa shape index (κ1) is 18.0. The van der Waals surface area contributed by atoms with E-state index in [0.717, 1.165) is 12.0 Å². The molecular weight excluding hydrogens is 330 g/mol. The highest BCUT2D eigenvalue weighted by molar-refractivity contribution is 7.89. The summed E-state index contributed by atoms with van der Waals surface area (Å²) in [5.41, 5.74) is 0.757. The number of urea groups is 1. The lowest BCUT2D eigenvalue weighted by molar-refractivity contribution is 0.251. The van der Waals surface area contributed by atoms with E-state index in [2.05, 4.69) is 15.7 Å².